The molecule has 2 heterocycles. The number of carbonyl (C=O) groups excluding carboxylic acids is 2. The van der Waals surface area contributed by atoms with Gasteiger partial charge >= 0.3 is 0 Å². The van der Waals surface area contributed by atoms with Crippen molar-refractivity contribution < 1.29 is 18.0 Å². The third-order valence-corrected chi connectivity index (χ3v) is 6.43. The highest BCUT2D eigenvalue weighted by molar-refractivity contribution is 7.91. The number of anilines is 4. The number of carbonyl (C=O) groups is 2. The summed E-state index contributed by atoms with van der Waals surface area (Å²) in [5.41, 5.74) is 2.70. The first kappa shape index (κ1) is 24.5. The van der Waals surface area contributed by atoms with Gasteiger partial charge in [0.25, 0.3) is 5.16 Å². The fourth-order valence-electron chi connectivity index (χ4n) is 3.36. The summed E-state index contributed by atoms with van der Waals surface area (Å²) in [5.74, 6) is 0.154. The van der Waals surface area contributed by atoms with Crippen molar-refractivity contribution >= 4 is 44.7 Å². The van der Waals surface area contributed by atoms with Crippen molar-refractivity contribution in [3.63, 3.8) is 0 Å². The first-order valence-electron chi connectivity index (χ1n) is 10.8. The summed E-state index contributed by atoms with van der Waals surface area (Å²) in [6.07, 6.45) is 0. The van der Waals surface area contributed by atoms with E-state index in [9.17, 15) is 18.0 Å². The molecule has 2 aromatic carbocycles. The van der Waals surface area contributed by atoms with Gasteiger partial charge in [-0.3, -0.25) is 14.7 Å². The molecule has 4 N–H and O–H groups in total. The molecule has 184 valence electrons. The third-order valence-electron chi connectivity index (χ3n) is 4.87. The van der Waals surface area contributed by atoms with E-state index in [1.54, 1.807) is 36.4 Å². The maximum absolute atomic E-state index is 13.5. The van der Waals surface area contributed by atoms with E-state index in [0.29, 0.717) is 28.5 Å². The molecule has 2 aromatic heterocycles. The Morgan fingerprint density at radius 1 is 0.833 bits per heavy atom. The number of H-pyrrole nitrogens is 1. The molecule has 0 atom stereocenters. The first-order valence-corrected chi connectivity index (χ1v) is 12.3. The van der Waals surface area contributed by atoms with Crippen molar-refractivity contribution in [1.29, 1.82) is 0 Å². The van der Waals surface area contributed by atoms with Gasteiger partial charge in [-0.25, -0.2) is 18.4 Å². The van der Waals surface area contributed by atoms with E-state index in [1.165, 1.54) is 38.1 Å². The Morgan fingerprint density at radius 2 is 1.53 bits per heavy atom. The lowest BCUT2D eigenvalue weighted by Crippen LogP contribution is -2.11. The zero-order chi connectivity index (χ0) is 25.9. The zero-order valence-electron chi connectivity index (χ0n) is 19.7. The summed E-state index contributed by atoms with van der Waals surface area (Å²) >= 11 is 0. The number of benzene rings is 2. The number of nitrogens with one attached hydrogen (secondary N) is 4. The Kier molecular flexibility index (Phi) is 6.79. The van der Waals surface area contributed by atoms with Gasteiger partial charge in [0.1, 0.15) is 5.82 Å². The molecule has 0 bridgehead atoms. The standard InChI is InChI=1S/C24H23N7O4S/c1-14-11-23(31-30-14)28-22-13-21(17-5-4-6-19(12-17)26-16(3)33)27-24(29-22)36(34,35)20-9-7-18(8-10-20)25-15(2)32/h4-13H,1-3H3,(H,25,32)(H,26,33)(H2,27,28,29,30,31). The second-order valence-corrected chi connectivity index (χ2v) is 9.80. The number of aromatic amines is 1. The molecule has 0 spiro atoms. The zero-order valence-corrected chi connectivity index (χ0v) is 20.5. The lowest BCUT2D eigenvalue weighted by atomic mass is 10.1. The molecule has 0 aliphatic rings. The van der Waals surface area contributed by atoms with E-state index in [2.05, 4.69) is 36.1 Å². The molecule has 11 nitrogen and oxygen atoms in total. The molecule has 2 amide bonds. The van der Waals surface area contributed by atoms with E-state index in [1.807, 2.05) is 6.92 Å². The molecule has 0 fully saturated rings. The van der Waals surface area contributed by atoms with Crippen LogP contribution in [0.1, 0.15) is 19.5 Å². The molecule has 36 heavy (non-hydrogen) atoms. The maximum Gasteiger partial charge on any atom is 0.254 e. The van der Waals surface area contributed by atoms with Crippen LogP contribution < -0.4 is 16.0 Å². The monoisotopic (exact) mass is 505 g/mol. The molecule has 12 heteroatoms. The van der Waals surface area contributed by atoms with Crippen molar-refractivity contribution in [3.8, 4) is 11.3 Å². The Hall–Kier alpha value is -4.58. The average Bonchev–Trinajstić information content (AvgIpc) is 3.23. The number of aromatic nitrogens is 4. The minimum absolute atomic E-state index is 0.0395. The fourth-order valence-corrected chi connectivity index (χ4v) is 4.50. The highest BCUT2D eigenvalue weighted by Gasteiger charge is 2.23. The predicted molar refractivity (Wildman–Crippen MR) is 135 cm³/mol. The van der Waals surface area contributed by atoms with Crippen LogP contribution in [0, 0.1) is 6.92 Å². The van der Waals surface area contributed by atoms with Gasteiger partial charge in [-0.2, -0.15) is 5.10 Å². The number of rotatable bonds is 7. The lowest BCUT2D eigenvalue weighted by molar-refractivity contribution is -0.115. The van der Waals surface area contributed by atoms with Crippen molar-refractivity contribution in [2.45, 2.75) is 30.8 Å². The minimum Gasteiger partial charge on any atom is -0.326 e. The average molecular weight is 506 g/mol. The Labute approximate surface area is 207 Å². The molecular formula is C24H23N7O4S. The number of nitrogens with zero attached hydrogens (tertiary/aromatic N) is 3. The second kappa shape index (κ2) is 9.96. The van der Waals surface area contributed by atoms with Crippen LogP contribution in [0.5, 0.6) is 0 Å². The summed E-state index contributed by atoms with van der Waals surface area (Å²) in [5, 5.41) is 14.8. The largest absolute Gasteiger partial charge is 0.326 e. The molecule has 0 unspecified atom stereocenters. The second-order valence-electron chi connectivity index (χ2n) is 7.95. The summed E-state index contributed by atoms with van der Waals surface area (Å²) < 4.78 is 26.9. The van der Waals surface area contributed by atoms with Gasteiger partial charge in [-0.1, -0.05) is 12.1 Å². The van der Waals surface area contributed by atoms with Crippen LogP contribution in [0.15, 0.2) is 70.7 Å². The van der Waals surface area contributed by atoms with Crippen LogP contribution in [-0.4, -0.2) is 40.4 Å². The van der Waals surface area contributed by atoms with E-state index < -0.39 is 15.0 Å². The molecule has 0 saturated carbocycles. The summed E-state index contributed by atoms with van der Waals surface area (Å²) in [6, 6.07) is 15.9. The van der Waals surface area contributed by atoms with Crippen LogP contribution in [0.3, 0.4) is 0 Å². The molecule has 0 aliphatic carbocycles. The van der Waals surface area contributed by atoms with Gasteiger partial charge in [-0.05, 0) is 43.3 Å². The summed E-state index contributed by atoms with van der Waals surface area (Å²) in [4.78, 5) is 31.3. The lowest BCUT2D eigenvalue weighted by Gasteiger charge is -2.11. The number of aryl methyl sites for hydroxylation is 1. The highest BCUT2D eigenvalue weighted by atomic mass is 32.2. The number of hydrogen-bond donors (Lipinski definition) is 4. The van der Waals surface area contributed by atoms with Crippen molar-refractivity contribution in [1.82, 2.24) is 20.2 Å². The smallest absolute Gasteiger partial charge is 0.254 e. The third kappa shape index (κ3) is 5.73. The van der Waals surface area contributed by atoms with E-state index >= 15 is 0 Å². The quantitative estimate of drug-likeness (QED) is 0.277. The van der Waals surface area contributed by atoms with E-state index in [0.717, 1.165) is 5.69 Å². The van der Waals surface area contributed by atoms with Crippen LogP contribution in [0.2, 0.25) is 0 Å². The SMILES string of the molecule is CC(=O)Nc1ccc(S(=O)(=O)c2nc(Nc3cc(C)[nH]n3)cc(-c3cccc(NC(C)=O)c3)n2)cc1. The Balaban J connectivity index is 1.79. The maximum atomic E-state index is 13.5. The molecule has 4 aromatic rings. The predicted octanol–water partition coefficient (Wildman–Crippen LogP) is 3.67. The van der Waals surface area contributed by atoms with E-state index in [-0.39, 0.29) is 22.5 Å². The Bertz CT molecular complexity index is 1550. The first-order chi connectivity index (χ1) is 17.1. The van der Waals surface area contributed by atoms with Crippen LogP contribution in [-0.2, 0) is 19.4 Å². The highest BCUT2D eigenvalue weighted by Crippen LogP contribution is 2.28. The molecule has 0 saturated heterocycles. The van der Waals surface area contributed by atoms with Gasteiger partial charge in [0.05, 0.1) is 10.6 Å². The van der Waals surface area contributed by atoms with Gasteiger partial charge < -0.3 is 16.0 Å². The number of amides is 2. The fraction of sp³-hybridized carbons (Fsp3) is 0.125. The molecule has 0 radical (unpaired) electrons. The van der Waals surface area contributed by atoms with Crippen molar-refractivity contribution in [2.24, 2.45) is 0 Å². The van der Waals surface area contributed by atoms with Gasteiger partial charge in [0, 0.05) is 48.6 Å². The number of hydrogen-bond acceptors (Lipinski definition) is 8. The van der Waals surface area contributed by atoms with Gasteiger partial charge in [-0.15, -0.1) is 0 Å². The van der Waals surface area contributed by atoms with Crippen LogP contribution in [0.25, 0.3) is 11.3 Å². The summed E-state index contributed by atoms with van der Waals surface area (Å²) in [7, 11) is -4.13. The van der Waals surface area contributed by atoms with Crippen LogP contribution >= 0.6 is 0 Å². The minimum atomic E-state index is -4.13. The molecule has 4 rings (SSSR count). The van der Waals surface area contributed by atoms with Crippen molar-refractivity contribution in [3.05, 3.63) is 66.4 Å². The van der Waals surface area contributed by atoms with Crippen LogP contribution in [0.4, 0.5) is 23.0 Å². The molecule has 0 aliphatic heterocycles. The summed E-state index contributed by atoms with van der Waals surface area (Å²) in [6.45, 7) is 4.59. The molecular weight excluding hydrogens is 482 g/mol. The topological polar surface area (TPSA) is 159 Å². The van der Waals surface area contributed by atoms with Gasteiger partial charge in [0.15, 0.2) is 5.82 Å². The van der Waals surface area contributed by atoms with Gasteiger partial charge in [0.2, 0.25) is 21.7 Å². The Morgan fingerprint density at radius 3 is 2.17 bits per heavy atom. The van der Waals surface area contributed by atoms with E-state index in [4.69, 9.17) is 0 Å². The van der Waals surface area contributed by atoms with Crippen molar-refractivity contribution in [2.75, 3.05) is 16.0 Å². The number of sulfone groups is 1. The normalized spacial score (nSPS) is 11.1.